The fourth-order valence-electron chi connectivity index (χ4n) is 1.75. The highest BCUT2D eigenvalue weighted by Gasteiger charge is 2.11. The average molecular weight is 277 g/mol. The van der Waals surface area contributed by atoms with Gasteiger partial charge in [0.2, 0.25) is 0 Å². The quantitative estimate of drug-likeness (QED) is 0.651. The van der Waals surface area contributed by atoms with Crippen LogP contribution in [0.2, 0.25) is 0 Å². The molecule has 1 N–H and O–H groups in total. The lowest BCUT2D eigenvalue weighted by Gasteiger charge is -2.03. The highest BCUT2D eigenvalue weighted by Crippen LogP contribution is 2.18. The summed E-state index contributed by atoms with van der Waals surface area (Å²) < 4.78 is 0. The number of nitro benzene ring substituents is 1. The first kappa shape index (κ1) is 13.6. The van der Waals surface area contributed by atoms with E-state index in [1.54, 1.807) is 23.5 Å². The Hall–Kier alpha value is -1.79. The maximum absolute atomic E-state index is 10.9. The summed E-state index contributed by atoms with van der Waals surface area (Å²) in [6, 6.07) is 6.79. The molecule has 0 unspecified atom stereocenters. The average Bonchev–Trinajstić information content (AvgIpc) is 2.87. The third kappa shape index (κ3) is 3.59. The Morgan fingerprint density at radius 1 is 1.37 bits per heavy atom. The highest BCUT2D eigenvalue weighted by molar-refractivity contribution is 7.11. The summed E-state index contributed by atoms with van der Waals surface area (Å²) in [5.41, 5.74) is 0.862. The molecule has 0 aliphatic carbocycles. The summed E-state index contributed by atoms with van der Waals surface area (Å²) in [6.07, 6.45) is 2.80. The highest BCUT2D eigenvalue weighted by atomic mass is 32.1. The van der Waals surface area contributed by atoms with Crippen molar-refractivity contribution in [3.8, 4) is 0 Å². The lowest BCUT2D eigenvalue weighted by molar-refractivity contribution is -0.385. The Morgan fingerprint density at radius 2 is 2.16 bits per heavy atom. The van der Waals surface area contributed by atoms with Crippen molar-refractivity contribution in [1.82, 2.24) is 10.3 Å². The molecule has 19 heavy (non-hydrogen) atoms. The zero-order valence-electron chi connectivity index (χ0n) is 10.6. The van der Waals surface area contributed by atoms with Gasteiger partial charge in [-0.1, -0.05) is 25.1 Å². The Labute approximate surface area is 115 Å². The normalized spacial score (nSPS) is 10.6. The first-order valence-corrected chi connectivity index (χ1v) is 6.89. The zero-order chi connectivity index (χ0) is 13.7. The first-order valence-electron chi connectivity index (χ1n) is 6.07. The van der Waals surface area contributed by atoms with Gasteiger partial charge in [-0.15, -0.1) is 11.3 Å². The van der Waals surface area contributed by atoms with E-state index in [4.69, 9.17) is 0 Å². The minimum Gasteiger partial charge on any atom is -0.307 e. The number of benzene rings is 1. The number of thiazole rings is 1. The second-order valence-electron chi connectivity index (χ2n) is 4.06. The number of hydrogen-bond acceptors (Lipinski definition) is 5. The molecule has 0 bridgehead atoms. The van der Waals surface area contributed by atoms with Crippen LogP contribution in [-0.2, 0) is 19.5 Å². The Morgan fingerprint density at radius 3 is 2.84 bits per heavy atom. The molecule has 2 aromatic rings. The van der Waals surface area contributed by atoms with Crippen LogP contribution < -0.4 is 5.32 Å². The molecule has 0 saturated heterocycles. The Bertz CT molecular complexity index is 569. The van der Waals surface area contributed by atoms with Crippen LogP contribution in [0.5, 0.6) is 0 Å². The van der Waals surface area contributed by atoms with Gasteiger partial charge in [0.1, 0.15) is 0 Å². The third-order valence-electron chi connectivity index (χ3n) is 2.71. The summed E-state index contributed by atoms with van der Waals surface area (Å²) >= 11 is 1.67. The molecule has 0 radical (unpaired) electrons. The van der Waals surface area contributed by atoms with E-state index in [-0.39, 0.29) is 10.6 Å². The largest absolute Gasteiger partial charge is 0.307 e. The Balaban J connectivity index is 1.94. The van der Waals surface area contributed by atoms with E-state index in [1.807, 2.05) is 12.3 Å². The van der Waals surface area contributed by atoms with Gasteiger partial charge in [0.25, 0.3) is 5.69 Å². The lowest BCUT2D eigenvalue weighted by atomic mass is 10.2. The van der Waals surface area contributed by atoms with Crippen LogP contribution in [0.25, 0.3) is 0 Å². The maximum atomic E-state index is 10.9. The summed E-state index contributed by atoms with van der Waals surface area (Å²) in [6.45, 7) is 3.24. The van der Waals surface area contributed by atoms with Crippen LogP contribution in [0.3, 0.4) is 0 Å². The molecule has 5 nitrogen and oxygen atoms in total. The van der Waals surface area contributed by atoms with Gasteiger partial charge >= 0.3 is 0 Å². The Kier molecular flexibility index (Phi) is 4.59. The van der Waals surface area contributed by atoms with Crippen LogP contribution in [0, 0.1) is 10.1 Å². The van der Waals surface area contributed by atoms with Crippen molar-refractivity contribution in [2.24, 2.45) is 0 Å². The van der Waals surface area contributed by atoms with Crippen LogP contribution in [0.15, 0.2) is 30.5 Å². The van der Waals surface area contributed by atoms with Gasteiger partial charge < -0.3 is 5.32 Å². The third-order valence-corrected chi connectivity index (χ3v) is 3.85. The molecule has 0 saturated carbocycles. The van der Waals surface area contributed by atoms with Gasteiger partial charge in [0.05, 0.1) is 9.93 Å². The van der Waals surface area contributed by atoms with E-state index in [0.29, 0.717) is 18.7 Å². The van der Waals surface area contributed by atoms with Crippen molar-refractivity contribution in [3.05, 3.63) is 56.0 Å². The van der Waals surface area contributed by atoms with Gasteiger partial charge in [-0.05, 0) is 6.42 Å². The number of para-hydroxylation sites is 1. The molecule has 1 aromatic carbocycles. The minimum atomic E-state index is -0.348. The van der Waals surface area contributed by atoms with Gasteiger partial charge in [0.15, 0.2) is 0 Å². The molecule has 0 fully saturated rings. The van der Waals surface area contributed by atoms with Gasteiger partial charge in [-0.2, -0.15) is 0 Å². The monoisotopic (exact) mass is 277 g/mol. The second-order valence-corrected chi connectivity index (χ2v) is 5.26. The standard InChI is InChI=1S/C13H15N3O2S/c1-2-13-15-9-11(19-13)8-14-7-10-5-3-4-6-12(10)16(17)18/h3-6,9,14H,2,7-8H2,1H3. The van der Waals surface area contributed by atoms with Crippen LogP contribution in [0.4, 0.5) is 5.69 Å². The van der Waals surface area contributed by atoms with E-state index in [0.717, 1.165) is 16.3 Å². The number of hydrogen-bond donors (Lipinski definition) is 1. The molecule has 6 heteroatoms. The molecular weight excluding hydrogens is 262 g/mol. The second kappa shape index (κ2) is 6.40. The van der Waals surface area contributed by atoms with Crippen molar-refractivity contribution >= 4 is 17.0 Å². The van der Waals surface area contributed by atoms with E-state index in [9.17, 15) is 10.1 Å². The molecule has 0 amide bonds. The van der Waals surface area contributed by atoms with Crippen LogP contribution >= 0.6 is 11.3 Å². The molecule has 1 heterocycles. The van der Waals surface area contributed by atoms with E-state index in [2.05, 4.69) is 17.2 Å². The van der Waals surface area contributed by atoms with E-state index < -0.39 is 0 Å². The lowest BCUT2D eigenvalue weighted by Crippen LogP contribution is -2.13. The van der Waals surface area contributed by atoms with Crippen molar-refractivity contribution in [3.63, 3.8) is 0 Å². The molecular formula is C13H15N3O2S. The number of rotatable bonds is 6. The number of aromatic nitrogens is 1. The SMILES string of the molecule is CCc1ncc(CNCc2ccccc2[N+](=O)[O-])s1. The van der Waals surface area contributed by atoms with Gasteiger partial charge in [0, 0.05) is 35.8 Å². The summed E-state index contributed by atoms with van der Waals surface area (Å²) in [7, 11) is 0. The van der Waals surface area contributed by atoms with Crippen LogP contribution in [-0.4, -0.2) is 9.91 Å². The van der Waals surface area contributed by atoms with Gasteiger partial charge in [-0.25, -0.2) is 4.98 Å². The van der Waals surface area contributed by atoms with Crippen molar-refractivity contribution in [1.29, 1.82) is 0 Å². The number of nitro groups is 1. The smallest absolute Gasteiger partial charge is 0.273 e. The van der Waals surface area contributed by atoms with Crippen molar-refractivity contribution in [2.45, 2.75) is 26.4 Å². The van der Waals surface area contributed by atoms with Crippen molar-refractivity contribution in [2.75, 3.05) is 0 Å². The fraction of sp³-hybridized carbons (Fsp3) is 0.308. The number of nitrogens with one attached hydrogen (secondary N) is 1. The molecule has 0 aliphatic heterocycles. The van der Waals surface area contributed by atoms with Crippen molar-refractivity contribution < 1.29 is 4.92 Å². The maximum Gasteiger partial charge on any atom is 0.273 e. The molecule has 2 rings (SSSR count). The summed E-state index contributed by atoms with van der Waals surface area (Å²) in [5, 5.41) is 15.2. The summed E-state index contributed by atoms with van der Waals surface area (Å²) in [5.74, 6) is 0. The van der Waals surface area contributed by atoms with Gasteiger partial charge in [-0.3, -0.25) is 10.1 Å². The molecule has 0 atom stereocenters. The van der Waals surface area contributed by atoms with E-state index >= 15 is 0 Å². The van der Waals surface area contributed by atoms with Crippen LogP contribution in [0.1, 0.15) is 22.4 Å². The molecule has 0 aliphatic rings. The number of aryl methyl sites for hydroxylation is 1. The first-order chi connectivity index (χ1) is 9.20. The molecule has 100 valence electrons. The predicted molar refractivity (Wildman–Crippen MR) is 75.1 cm³/mol. The number of nitrogens with zero attached hydrogens (tertiary/aromatic N) is 2. The summed E-state index contributed by atoms with van der Waals surface area (Å²) in [4.78, 5) is 15.9. The molecule has 0 spiro atoms. The fourth-order valence-corrected chi connectivity index (χ4v) is 2.58. The van der Waals surface area contributed by atoms with E-state index in [1.165, 1.54) is 6.07 Å². The zero-order valence-corrected chi connectivity index (χ0v) is 11.4. The minimum absolute atomic E-state index is 0.161. The molecule has 1 aromatic heterocycles. The topological polar surface area (TPSA) is 68.1 Å². The predicted octanol–water partition coefficient (Wildman–Crippen LogP) is 2.90.